The minimum atomic E-state index is -0.401. The molecule has 0 spiro atoms. The van der Waals surface area contributed by atoms with Crippen molar-refractivity contribution in [2.24, 2.45) is 5.92 Å². The van der Waals surface area contributed by atoms with Gasteiger partial charge in [0.2, 0.25) is 0 Å². The lowest BCUT2D eigenvalue weighted by Crippen LogP contribution is -2.29. The maximum Gasteiger partial charge on any atom is 0.271 e. The molecular formula is C26H22BrClN2O4. The second kappa shape index (κ2) is 9.31. The fourth-order valence-corrected chi connectivity index (χ4v) is 5.71. The maximum atomic E-state index is 11.4. The predicted molar refractivity (Wildman–Crippen MR) is 136 cm³/mol. The zero-order chi connectivity index (χ0) is 23.8. The Morgan fingerprint density at radius 1 is 1.21 bits per heavy atom. The molecule has 0 fully saturated rings. The molecule has 5 rings (SSSR count). The number of anilines is 1. The molecule has 1 N–H and O–H groups in total. The average Bonchev–Trinajstić information content (AvgIpc) is 3.33. The molecular weight excluding hydrogens is 520 g/mol. The van der Waals surface area contributed by atoms with Crippen LogP contribution in [0.1, 0.15) is 35.1 Å². The second-order valence-electron chi connectivity index (χ2n) is 8.43. The third kappa shape index (κ3) is 4.14. The number of non-ortho nitro benzene ring substituents is 1. The van der Waals surface area contributed by atoms with Gasteiger partial charge in [-0.05, 0) is 57.1 Å². The van der Waals surface area contributed by atoms with Gasteiger partial charge in [-0.25, -0.2) is 0 Å². The first-order chi connectivity index (χ1) is 16.5. The standard InChI is InChI=1S/C26H22BrClN2O4/c1-33-23-11-16(10-21(27)26(23)34-14-15-6-3-2-4-7-15)24-19-9-5-8-18(19)20-12-17(30(31)32)13-22(28)25(20)29-24/h2-8,10-13,18-19,24,29H,9,14H2,1H3/t18-,19+,24+/m1/s1. The van der Waals surface area contributed by atoms with Crippen LogP contribution in [0.3, 0.4) is 0 Å². The van der Waals surface area contributed by atoms with Crippen LogP contribution in [-0.2, 0) is 6.61 Å². The van der Waals surface area contributed by atoms with E-state index in [0.29, 0.717) is 23.1 Å². The summed E-state index contributed by atoms with van der Waals surface area (Å²) >= 11 is 10.2. The third-order valence-corrected chi connectivity index (χ3v) is 7.34. The SMILES string of the molecule is COc1cc([C@@H]2Nc3c(Cl)cc([N+](=O)[O-])cc3[C@@H]3C=CC[C@@H]32)cc(Br)c1OCc1ccccc1. The number of nitro benzene ring substituents is 1. The number of ether oxygens (including phenoxy) is 2. The number of allylic oxidation sites excluding steroid dienone is 2. The molecule has 2 aliphatic rings. The van der Waals surface area contributed by atoms with Crippen molar-refractivity contribution in [3.63, 3.8) is 0 Å². The molecule has 6 nitrogen and oxygen atoms in total. The smallest absolute Gasteiger partial charge is 0.271 e. The van der Waals surface area contributed by atoms with E-state index in [-0.39, 0.29) is 23.6 Å². The van der Waals surface area contributed by atoms with Crippen molar-refractivity contribution in [2.45, 2.75) is 25.0 Å². The first-order valence-electron chi connectivity index (χ1n) is 10.9. The van der Waals surface area contributed by atoms with E-state index in [2.05, 4.69) is 33.4 Å². The van der Waals surface area contributed by atoms with Crippen molar-refractivity contribution < 1.29 is 14.4 Å². The van der Waals surface area contributed by atoms with Gasteiger partial charge >= 0.3 is 0 Å². The van der Waals surface area contributed by atoms with Gasteiger partial charge in [-0.3, -0.25) is 10.1 Å². The zero-order valence-electron chi connectivity index (χ0n) is 18.3. The summed E-state index contributed by atoms with van der Waals surface area (Å²) in [6.45, 7) is 0.424. The van der Waals surface area contributed by atoms with Crippen LogP contribution in [0.2, 0.25) is 5.02 Å². The summed E-state index contributed by atoms with van der Waals surface area (Å²) in [6.07, 6.45) is 5.12. The molecule has 0 saturated carbocycles. The van der Waals surface area contributed by atoms with Gasteiger partial charge in [-0.15, -0.1) is 0 Å². The lowest BCUT2D eigenvalue weighted by atomic mass is 9.77. The van der Waals surface area contributed by atoms with Crippen LogP contribution in [0.5, 0.6) is 11.5 Å². The van der Waals surface area contributed by atoms with Crippen molar-refractivity contribution in [1.29, 1.82) is 0 Å². The maximum absolute atomic E-state index is 11.4. The number of nitrogens with zero attached hydrogens (tertiary/aromatic N) is 1. The number of methoxy groups -OCH3 is 1. The lowest BCUT2D eigenvalue weighted by Gasteiger charge is -2.38. The molecule has 3 aromatic carbocycles. The molecule has 8 heteroatoms. The largest absolute Gasteiger partial charge is 0.493 e. The van der Waals surface area contributed by atoms with Crippen LogP contribution in [0.25, 0.3) is 0 Å². The number of hydrogen-bond donors (Lipinski definition) is 1. The summed E-state index contributed by atoms with van der Waals surface area (Å²) < 4.78 is 12.6. The Bertz CT molecular complexity index is 1280. The van der Waals surface area contributed by atoms with Crippen molar-refractivity contribution in [3.05, 3.63) is 103 Å². The second-order valence-corrected chi connectivity index (χ2v) is 9.69. The summed E-state index contributed by atoms with van der Waals surface area (Å²) in [5.41, 5.74) is 3.70. The molecule has 3 atom stereocenters. The highest BCUT2D eigenvalue weighted by Crippen LogP contribution is 2.53. The summed E-state index contributed by atoms with van der Waals surface area (Å²) in [5, 5.41) is 15.3. The Labute approximate surface area is 210 Å². The van der Waals surface area contributed by atoms with Crippen LogP contribution < -0.4 is 14.8 Å². The molecule has 0 saturated heterocycles. The highest BCUT2D eigenvalue weighted by Gasteiger charge is 2.40. The highest BCUT2D eigenvalue weighted by atomic mass is 79.9. The van der Waals surface area contributed by atoms with Crippen molar-refractivity contribution in [3.8, 4) is 11.5 Å². The Hall–Kier alpha value is -3.03. The number of nitrogens with one attached hydrogen (secondary N) is 1. The Kier molecular flexibility index (Phi) is 6.23. The van der Waals surface area contributed by atoms with Gasteiger partial charge in [0, 0.05) is 18.1 Å². The molecule has 1 aliphatic carbocycles. The number of nitro groups is 1. The fourth-order valence-electron chi connectivity index (χ4n) is 4.87. The Balaban J connectivity index is 1.49. The fraction of sp³-hybridized carbons (Fsp3) is 0.231. The quantitative estimate of drug-likeness (QED) is 0.200. The van der Waals surface area contributed by atoms with E-state index >= 15 is 0 Å². The van der Waals surface area contributed by atoms with Crippen LogP contribution in [0.15, 0.2) is 71.2 Å². The van der Waals surface area contributed by atoms with Crippen LogP contribution >= 0.6 is 27.5 Å². The summed E-state index contributed by atoms with van der Waals surface area (Å²) in [7, 11) is 1.63. The van der Waals surface area contributed by atoms with Gasteiger partial charge in [0.25, 0.3) is 5.69 Å². The highest BCUT2D eigenvalue weighted by molar-refractivity contribution is 9.10. The third-order valence-electron chi connectivity index (χ3n) is 6.45. The van der Waals surface area contributed by atoms with Crippen molar-refractivity contribution in [1.82, 2.24) is 0 Å². The van der Waals surface area contributed by atoms with E-state index < -0.39 is 4.92 Å². The first kappa shape index (κ1) is 22.7. The number of hydrogen-bond acceptors (Lipinski definition) is 5. The van der Waals surface area contributed by atoms with Gasteiger partial charge in [0.1, 0.15) is 6.61 Å². The number of rotatable bonds is 6. The van der Waals surface area contributed by atoms with Crippen LogP contribution in [0, 0.1) is 16.0 Å². The lowest BCUT2D eigenvalue weighted by molar-refractivity contribution is -0.384. The Morgan fingerprint density at radius 3 is 2.74 bits per heavy atom. The normalized spacial score (nSPS) is 20.3. The van der Waals surface area contributed by atoms with E-state index in [0.717, 1.165) is 33.3 Å². The molecule has 1 heterocycles. The van der Waals surface area contributed by atoms with Gasteiger partial charge in [0.15, 0.2) is 11.5 Å². The first-order valence-corrected chi connectivity index (χ1v) is 12.1. The number of fused-ring (bicyclic) bond motifs is 3. The van der Waals surface area contributed by atoms with E-state index in [1.54, 1.807) is 13.2 Å². The Morgan fingerprint density at radius 2 is 2.00 bits per heavy atom. The van der Waals surface area contributed by atoms with Crippen molar-refractivity contribution in [2.75, 3.05) is 12.4 Å². The van der Waals surface area contributed by atoms with Gasteiger partial charge in [-0.2, -0.15) is 0 Å². The summed E-state index contributed by atoms with van der Waals surface area (Å²) in [4.78, 5) is 11.0. The average molecular weight is 542 g/mol. The molecule has 174 valence electrons. The van der Waals surface area contributed by atoms with Crippen LogP contribution in [0.4, 0.5) is 11.4 Å². The minimum absolute atomic E-state index is 0.00683. The summed E-state index contributed by atoms with van der Waals surface area (Å²) in [6, 6.07) is 17.0. The van der Waals surface area contributed by atoms with Crippen LogP contribution in [-0.4, -0.2) is 12.0 Å². The van der Waals surface area contributed by atoms with Gasteiger partial charge in [0.05, 0.1) is 33.3 Å². The predicted octanol–water partition coefficient (Wildman–Crippen LogP) is 7.42. The molecule has 3 aromatic rings. The molecule has 1 aliphatic heterocycles. The number of halogens is 2. The number of benzene rings is 3. The topological polar surface area (TPSA) is 73.6 Å². The molecule has 0 radical (unpaired) electrons. The van der Waals surface area contributed by atoms with Crippen molar-refractivity contribution >= 4 is 38.9 Å². The van der Waals surface area contributed by atoms with E-state index in [1.807, 2.05) is 42.5 Å². The molecule has 0 bridgehead atoms. The van der Waals surface area contributed by atoms with E-state index in [9.17, 15) is 10.1 Å². The molecule has 0 aromatic heterocycles. The summed E-state index contributed by atoms with van der Waals surface area (Å²) in [5.74, 6) is 1.50. The molecule has 0 amide bonds. The minimum Gasteiger partial charge on any atom is -0.493 e. The zero-order valence-corrected chi connectivity index (χ0v) is 20.7. The van der Waals surface area contributed by atoms with E-state index in [1.165, 1.54) is 6.07 Å². The van der Waals surface area contributed by atoms with Gasteiger partial charge < -0.3 is 14.8 Å². The monoisotopic (exact) mass is 540 g/mol. The molecule has 34 heavy (non-hydrogen) atoms. The molecule has 0 unspecified atom stereocenters. The van der Waals surface area contributed by atoms with Gasteiger partial charge in [-0.1, -0.05) is 54.1 Å². The van der Waals surface area contributed by atoms with E-state index in [4.69, 9.17) is 21.1 Å².